The van der Waals surface area contributed by atoms with Crippen molar-refractivity contribution in [2.45, 2.75) is 13.3 Å². The van der Waals surface area contributed by atoms with Crippen molar-refractivity contribution < 1.29 is 28.9 Å². The van der Waals surface area contributed by atoms with Crippen LogP contribution in [0.15, 0.2) is 84.0 Å². The van der Waals surface area contributed by atoms with Crippen molar-refractivity contribution in [2.24, 2.45) is 5.10 Å². The Hall–Kier alpha value is -4.85. The molecule has 1 amide bonds. The van der Waals surface area contributed by atoms with E-state index in [-0.39, 0.29) is 17.1 Å². The van der Waals surface area contributed by atoms with Crippen molar-refractivity contribution in [2.75, 3.05) is 13.7 Å². The first kappa shape index (κ1) is 25.2. The van der Waals surface area contributed by atoms with Gasteiger partial charge in [-0.1, -0.05) is 31.2 Å². The quantitative estimate of drug-likeness (QED) is 0.140. The number of nitrogens with one attached hydrogen (secondary N) is 1. The third-order valence-electron chi connectivity index (χ3n) is 5.44. The molecule has 0 atom stereocenters. The third kappa shape index (κ3) is 6.24. The van der Waals surface area contributed by atoms with Crippen LogP contribution in [0.1, 0.15) is 39.6 Å². The molecule has 0 saturated heterocycles. The Bertz CT molecular complexity index is 1450. The number of phenolic OH excluding ortho intramolecular Hbond substituents is 1. The molecule has 4 aromatic carbocycles. The van der Waals surface area contributed by atoms with Gasteiger partial charge in [-0.15, -0.1) is 0 Å². The summed E-state index contributed by atoms with van der Waals surface area (Å²) in [6.07, 6.45) is 2.31. The van der Waals surface area contributed by atoms with E-state index in [4.69, 9.17) is 14.2 Å². The number of phenols is 1. The van der Waals surface area contributed by atoms with Crippen molar-refractivity contribution in [1.29, 1.82) is 0 Å². The van der Waals surface area contributed by atoms with Crippen LogP contribution in [0.2, 0.25) is 0 Å². The Balaban J connectivity index is 1.41. The molecule has 0 unspecified atom stereocenters. The fourth-order valence-corrected chi connectivity index (χ4v) is 3.55. The van der Waals surface area contributed by atoms with Crippen LogP contribution in [0.5, 0.6) is 23.0 Å². The Morgan fingerprint density at radius 2 is 1.68 bits per heavy atom. The molecule has 0 aliphatic carbocycles. The molecule has 37 heavy (non-hydrogen) atoms. The predicted octanol–water partition coefficient (Wildman–Crippen LogP) is 5.33. The summed E-state index contributed by atoms with van der Waals surface area (Å²) in [5.41, 5.74) is 3.49. The number of nitrogens with zero attached hydrogens (tertiary/aromatic N) is 1. The van der Waals surface area contributed by atoms with Crippen LogP contribution in [0.3, 0.4) is 0 Å². The molecule has 0 radical (unpaired) electrons. The summed E-state index contributed by atoms with van der Waals surface area (Å²) >= 11 is 0. The maximum atomic E-state index is 12.6. The first-order valence-electron chi connectivity index (χ1n) is 11.7. The van der Waals surface area contributed by atoms with E-state index >= 15 is 0 Å². The molecule has 4 rings (SSSR count). The lowest BCUT2D eigenvalue weighted by molar-refractivity contribution is 0.0729. The van der Waals surface area contributed by atoms with Crippen LogP contribution < -0.4 is 19.6 Å². The predicted molar refractivity (Wildman–Crippen MR) is 141 cm³/mol. The molecule has 2 N–H and O–H groups in total. The Kier molecular flexibility index (Phi) is 8.00. The van der Waals surface area contributed by atoms with Crippen LogP contribution >= 0.6 is 0 Å². The van der Waals surface area contributed by atoms with Crippen LogP contribution in [0.25, 0.3) is 10.8 Å². The third-order valence-corrected chi connectivity index (χ3v) is 5.44. The molecular formula is C29H26N2O6. The number of fused-ring (bicyclic) bond motifs is 1. The smallest absolute Gasteiger partial charge is 0.343 e. The average molecular weight is 499 g/mol. The SMILES string of the molecule is CCCOc1ccc(C(=O)Oc2ccc(C=NNC(=O)c3cc4ccccc4cc3O)cc2OC)cc1. The van der Waals surface area contributed by atoms with Gasteiger partial charge in [-0.2, -0.15) is 5.10 Å². The molecule has 4 aromatic rings. The topological polar surface area (TPSA) is 106 Å². The number of hydrogen-bond acceptors (Lipinski definition) is 7. The number of hydrogen-bond donors (Lipinski definition) is 2. The lowest BCUT2D eigenvalue weighted by atomic mass is 10.1. The standard InChI is InChI=1S/C29H26N2O6/c1-3-14-36-23-11-9-20(10-12-23)29(34)37-26-13-8-19(15-27(26)35-2)18-30-31-28(33)24-16-21-6-4-5-7-22(21)17-25(24)32/h4-13,15-18,32H,3,14H2,1-2H3,(H,31,33). The number of methoxy groups -OCH3 is 1. The van der Waals surface area contributed by atoms with E-state index in [0.29, 0.717) is 29.2 Å². The number of carbonyl (C=O) groups excluding carboxylic acids is 2. The second-order valence-electron chi connectivity index (χ2n) is 8.09. The Morgan fingerprint density at radius 3 is 2.38 bits per heavy atom. The summed E-state index contributed by atoms with van der Waals surface area (Å²) < 4.78 is 16.4. The molecule has 0 heterocycles. The zero-order valence-electron chi connectivity index (χ0n) is 20.4. The van der Waals surface area contributed by atoms with E-state index in [0.717, 1.165) is 17.2 Å². The van der Waals surface area contributed by atoms with Gasteiger partial charge in [-0.05, 0) is 77.4 Å². The minimum Gasteiger partial charge on any atom is -0.507 e. The number of carbonyl (C=O) groups is 2. The number of benzene rings is 4. The molecule has 8 heteroatoms. The van der Waals surface area contributed by atoms with Crippen molar-refractivity contribution in [3.63, 3.8) is 0 Å². The number of rotatable bonds is 9. The van der Waals surface area contributed by atoms with Crippen molar-refractivity contribution in [3.05, 3.63) is 95.6 Å². The molecule has 0 aliphatic rings. The zero-order valence-corrected chi connectivity index (χ0v) is 20.4. The first-order chi connectivity index (χ1) is 18.0. The number of ether oxygens (including phenoxy) is 3. The fourth-order valence-electron chi connectivity index (χ4n) is 3.55. The van der Waals surface area contributed by atoms with E-state index < -0.39 is 11.9 Å². The van der Waals surface area contributed by atoms with E-state index in [9.17, 15) is 14.7 Å². The Labute approximate surface area is 214 Å². The van der Waals surface area contributed by atoms with Crippen LogP contribution in [0.4, 0.5) is 0 Å². The van der Waals surface area contributed by atoms with Gasteiger partial charge >= 0.3 is 5.97 Å². The highest BCUT2D eigenvalue weighted by atomic mass is 16.6. The maximum absolute atomic E-state index is 12.6. The highest BCUT2D eigenvalue weighted by molar-refractivity contribution is 6.01. The molecule has 0 spiro atoms. The fraction of sp³-hybridized carbons (Fsp3) is 0.138. The lowest BCUT2D eigenvalue weighted by Gasteiger charge is -2.10. The summed E-state index contributed by atoms with van der Waals surface area (Å²) in [5, 5.41) is 15.8. The molecule has 8 nitrogen and oxygen atoms in total. The average Bonchev–Trinajstić information content (AvgIpc) is 2.92. The summed E-state index contributed by atoms with van der Waals surface area (Å²) in [5.74, 6) is 0.0111. The molecule has 0 aliphatic heterocycles. The van der Waals surface area contributed by atoms with Gasteiger partial charge in [0.15, 0.2) is 11.5 Å². The monoisotopic (exact) mass is 498 g/mol. The second kappa shape index (κ2) is 11.7. The lowest BCUT2D eigenvalue weighted by Crippen LogP contribution is -2.17. The summed E-state index contributed by atoms with van der Waals surface area (Å²) in [4.78, 5) is 25.1. The highest BCUT2D eigenvalue weighted by Crippen LogP contribution is 2.29. The summed E-state index contributed by atoms with van der Waals surface area (Å²) in [7, 11) is 1.46. The van der Waals surface area contributed by atoms with E-state index in [2.05, 4.69) is 10.5 Å². The number of aromatic hydroxyl groups is 1. The molecule has 0 fully saturated rings. The van der Waals surface area contributed by atoms with Crippen LogP contribution in [-0.4, -0.2) is 36.9 Å². The van der Waals surface area contributed by atoms with Crippen molar-refractivity contribution >= 4 is 28.9 Å². The van der Waals surface area contributed by atoms with Gasteiger partial charge in [-0.3, -0.25) is 4.79 Å². The maximum Gasteiger partial charge on any atom is 0.343 e. The largest absolute Gasteiger partial charge is 0.507 e. The van der Waals surface area contributed by atoms with Gasteiger partial charge in [-0.25, -0.2) is 10.2 Å². The number of esters is 1. The number of amides is 1. The van der Waals surface area contributed by atoms with Gasteiger partial charge in [0.1, 0.15) is 11.5 Å². The molecule has 0 aromatic heterocycles. The van der Waals surface area contributed by atoms with Gasteiger partial charge < -0.3 is 19.3 Å². The van der Waals surface area contributed by atoms with Gasteiger partial charge in [0, 0.05) is 0 Å². The minimum atomic E-state index is -0.553. The van der Waals surface area contributed by atoms with Gasteiger partial charge in [0.2, 0.25) is 0 Å². The zero-order chi connectivity index (χ0) is 26.2. The van der Waals surface area contributed by atoms with Gasteiger partial charge in [0.25, 0.3) is 5.91 Å². The first-order valence-corrected chi connectivity index (χ1v) is 11.7. The van der Waals surface area contributed by atoms with E-state index in [1.165, 1.54) is 19.4 Å². The van der Waals surface area contributed by atoms with Crippen LogP contribution in [0, 0.1) is 0 Å². The normalized spacial score (nSPS) is 10.9. The second-order valence-corrected chi connectivity index (χ2v) is 8.09. The molecule has 188 valence electrons. The van der Waals surface area contributed by atoms with Crippen molar-refractivity contribution in [1.82, 2.24) is 5.43 Å². The summed E-state index contributed by atoms with van der Waals surface area (Å²) in [6.45, 7) is 2.62. The van der Waals surface area contributed by atoms with E-state index in [1.807, 2.05) is 31.2 Å². The van der Waals surface area contributed by atoms with Crippen LogP contribution in [-0.2, 0) is 0 Å². The highest BCUT2D eigenvalue weighted by Gasteiger charge is 2.14. The molecular weight excluding hydrogens is 472 g/mol. The summed E-state index contributed by atoms with van der Waals surface area (Å²) in [6, 6.07) is 22.1. The van der Waals surface area contributed by atoms with Gasteiger partial charge in [0.05, 0.1) is 31.1 Å². The van der Waals surface area contributed by atoms with Crippen molar-refractivity contribution in [3.8, 4) is 23.0 Å². The molecule has 0 saturated carbocycles. The Morgan fingerprint density at radius 1 is 0.946 bits per heavy atom. The molecule has 0 bridgehead atoms. The van der Waals surface area contributed by atoms with E-state index in [1.54, 1.807) is 48.5 Å². The number of hydrazone groups is 1. The minimum absolute atomic E-state index is 0.112.